The van der Waals surface area contributed by atoms with E-state index in [2.05, 4.69) is 4.98 Å². The fraction of sp³-hybridized carbons (Fsp3) is 0.444. The molecule has 0 radical (unpaired) electrons. The SMILES string of the molecule is O=C(Cc1ccsc1)N1CC2(C[C@H](Oc3cccnc3)CCO2)C1. The summed E-state index contributed by atoms with van der Waals surface area (Å²) >= 11 is 1.62. The van der Waals surface area contributed by atoms with Crippen molar-refractivity contribution in [3.05, 3.63) is 46.9 Å². The Kier molecular flexibility index (Phi) is 4.24. The van der Waals surface area contributed by atoms with E-state index in [1.165, 1.54) is 0 Å². The lowest BCUT2D eigenvalue weighted by molar-refractivity contribution is -0.192. The predicted octanol–water partition coefficient (Wildman–Crippen LogP) is 2.52. The Labute approximate surface area is 145 Å². The summed E-state index contributed by atoms with van der Waals surface area (Å²) in [7, 11) is 0. The van der Waals surface area contributed by atoms with Crippen molar-refractivity contribution in [3.63, 3.8) is 0 Å². The van der Waals surface area contributed by atoms with Crippen molar-refractivity contribution in [1.29, 1.82) is 0 Å². The van der Waals surface area contributed by atoms with Gasteiger partial charge in [0.2, 0.25) is 5.91 Å². The molecule has 0 bridgehead atoms. The molecule has 1 amide bonds. The van der Waals surface area contributed by atoms with Gasteiger partial charge in [-0.15, -0.1) is 0 Å². The molecule has 2 aromatic rings. The van der Waals surface area contributed by atoms with Gasteiger partial charge in [-0.3, -0.25) is 9.78 Å². The summed E-state index contributed by atoms with van der Waals surface area (Å²) in [6, 6.07) is 5.80. The van der Waals surface area contributed by atoms with Gasteiger partial charge in [0.15, 0.2) is 0 Å². The van der Waals surface area contributed by atoms with E-state index in [1.807, 2.05) is 33.9 Å². The number of nitrogens with zero attached hydrogens (tertiary/aromatic N) is 2. The largest absolute Gasteiger partial charge is 0.489 e. The molecular formula is C18H20N2O3S. The topological polar surface area (TPSA) is 51.7 Å². The fourth-order valence-electron chi connectivity index (χ4n) is 3.42. The van der Waals surface area contributed by atoms with Gasteiger partial charge in [-0.2, -0.15) is 11.3 Å². The number of carbonyl (C=O) groups excluding carboxylic acids is 1. The minimum atomic E-state index is -0.227. The number of aromatic nitrogens is 1. The Balaban J connectivity index is 1.31. The first kappa shape index (κ1) is 15.6. The average Bonchev–Trinajstić information content (AvgIpc) is 3.06. The van der Waals surface area contributed by atoms with Crippen LogP contribution in [0, 0.1) is 0 Å². The van der Waals surface area contributed by atoms with Crippen molar-refractivity contribution >= 4 is 17.2 Å². The standard InChI is InChI=1S/C18H20N2O3S/c21-17(8-14-4-7-24-11-14)20-12-18(13-20)9-15(3-6-22-18)23-16-2-1-5-19-10-16/h1-2,4-5,7,10-11,15H,3,6,8-9,12-13H2/t15-/m1/s1. The highest BCUT2D eigenvalue weighted by atomic mass is 32.1. The van der Waals surface area contributed by atoms with Crippen molar-refractivity contribution in [3.8, 4) is 5.75 Å². The zero-order chi connectivity index (χ0) is 16.4. The van der Waals surface area contributed by atoms with Gasteiger partial charge in [0.05, 0.1) is 32.3 Å². The van der Waals surface area contributed by atoms with E-state index < -0.39 is 0 Å². The molecule has 1 spiro atoms. The zero-order valence-electron chi connectivity index (χ0n) is 13.4. The lowest BCUT2D eigenvalue weighted by Gasteiger charge is -2.53. The first-order chi connectivity index (χ1) is 11.7. The molecule has 2 aromatic heterocycles. The van der Waals surface area contributed by atoms with Crippen molar-refractivity contribution in [2.45, 2.75) is 31.0 Å². The molecule has 0 saturated carbocycles. The van der Waals surface area contributed by atoms with Crippen LogP contribution >= 0.6 is 11.3 Å². The summed E-state index contributed by atoms with van der Waals surface area (Å²) in [5.74, 6) is 0.974. The van der Waals surface area contributed by atoms with E-state index in [0.717, 1.165) is 24.2 Å². The van der Waals surface area contributed by atoms with Crippen molar-refractivity contribution < 1.29 is 14.3 Å². The Hall–Kier alpha value is -1.92. The molecule has 1 atom stereocenters. The summed E-state index contributed by atoms with van der Waals surface area (Å²) in [5, 5.41) is 4.03. The number of hydrogen-bond donors (Lipinski definition) is 0. The Bertz CT molecular complexity index is 684. The number of pyridine rings is 1. The van der Waals surface area contributed by atoms with Crippen LogP contribution < -0.4 is 4.74 Å². The first-order valence-electron chi connectivity index (χ1n) is 8.22. The summed E-state index contributed by atoms with van der Waals surface area (Å²) in [6.45, 7) is 2.02. The maximum absolute atomic E-state index is 12.3. The molecule has 126 valence electrons. The van der Waals surface area contributed by atoms with E-state index in [-0.39, 0.29) is 17.6 Å². The van der Waals surface area contributed by atoms with Gasteiger partial charge >= 0.3 is 0 Å². The van der Waals surface area contributed by atoms with Crippen LogP contribution in [0.1, 0.15) is 18.4 Å². The van der Waals surface area contributed by atoms with E-state index in [0.29, 0.717) is 26.1 Å². The van der Waals surface area contributed by atoms with E-state index in [1.54, 1.807) is 23.7 Å². The van der Waals surface area contributed by atoms with Gasteiger partial charge in [0.1, 0.15) is 17.5 Å². The molecule has 0 unspecified atom stereocenters. The summed E-state index contributed by atoms with van der Waals surface area (Å²) < 4.78 is 12.0. The molecule has 4 heterocycles. The number of amides is 1. The smallest absolute Gasteiger partial charge is 0.227 e. The van der Waals surface area contributed by atoms with Crippen LogP contribution in [-0.4, -0.2) is 47.2 Å². The molecule has 2 saturated heterocycles. The van der Waals surface area contributed by atoms with E-state index in [4.69, 9.17) is 9.47 Å². The average molecular weight is 344 g/mol. The van der Waals surface area contributed by atoms with E-state index in [9.17, 15) is 4.79 Å². The summed E-state index contributed by atoms with van der Waals surface area (Å²) in [5.41, 5.74) is 0.864. The Morgan fingerprint density at radius 3 is 3.12 bits per heavy atom. The molecule has 5 nitrogen and oxygen atoms in total. The second-order valence-electron chi connectivity index (χ2n) is 6.51. The van der Waals surface area contributed by atoms with Crippen LogP contribution in [-0.2, 0) is 16.0 Å². The maximum Gasteiger partial charge on any atom is 0.227 e. The third kappa shape index (κ3) is 3.30. The third-order valence-corrected chi connectivity index (χ3v) is 5.36. The van der Waals surface area contributed by atoms with Gasteiger partial charge in [-0.25, -0.2) is 0 Å². The zero-order valence-corrected chi connectivity index (χ0v) is 14.2. The van der Waals surface area contributed by atoms with Crippen molar-refractivity contribution in [2.75, 3.05) is 19.7 Å². The third-order valence-electron chi connectivity index (χ3n) is 4.63. The lowest BCUT2D eigenvalue weighted by Crippen LogP contribution is -2.67. The number of rotatable bonds is 4. The van der Waals surface area contributed by atoms with Gasteiger partial charge in [0.25, 0.3) is 0 Å². The van der Waals surface area contributed by atoms with Gasteiger partial charge in [0, 0.05) is 19.0 Å². The van der Waals surface area contributed by atoms with Gasteiger partial charge < -0.3 is 14.4 Å². The molecule has 4 rings (SSSR count). The highest BCUT2D eigenvalue weighted by molar-refractivity contribution is 7.08. The number of ether oxygens (including phenoxy) is 2. The second kappa shape index (κ2) is 6.53. The fourth-order valence-corrected chi connectivity index (χ4v) is 4.09. The molecule has 0 aliphatic carbocycles. The summed E-state index contributed by atoms with van der Waals surface area (Å²) in [6.07, 6.45) is 5.77. The number of hydrogen-bond acceptors (Lipinski definition) is 5. The number of thiophene rings is 1. The van der Waals surface area contributed by atoms with Crippen LogP contribution in [0.15, 0.2) is 41.4 Å². The predicted molar refractivity (Wildman–Crippen MR) is 91.2 cm³/mol. The van der Waals surface area contributed by atoms with Crippen LogP contribution in [0.2, 0.25) is 0 Å². The Morgan fingerprint density at radius 2 is 2.38 bits per heavy atom. The molecule has 6 heteroatoms. The molecule has 0 aromatic carbocycles. The quantitative estimate of drug-likeness (QED) is 0.855. The highest BCUT2D eigenvalue weighted by Crippen LogP contribution is 2.36. The molecule has 0 N–H and O–H groups in total. The minimum Gasteiger partial charge on any atom is -0.489 e. The number of carbonyl (C=O) groups is 1. The monoisotopic (exact) mass is 344 g/mol. The normalized spacial score (nSPS) is 22.2. The lowest BCUT2D eigenvalue weighted by atomic mass is 9.84. The maximum atomic E-state index is 12.3. The van der Waals surface area contributed by atoms with Crippen LogP contribution in [0.5, 0.6) is 5.75 Å². The molecule has 2 aliphatic rings. The number of likely N-dealkylation sites (tertiary alicyclic amines) is 1. The molecule has 2 fully saturated rings. The van der Waals surface area contributed by atoms with Crippen LogP contribution in [0.4, 0.5) is 0 Å². The van der Waals surface area contributed by atoms with Crippen LogP contribution in [0.3, 0.4) is 0 Å². The Morgan fingerprint density at radius 1 is 1.46 bits per heavy atom. The van der Waals surface area contributed by atoms with E-state index >= 15 is 0 Å². The summed E-state index contributed by atoms with van der Waals surface area (Å²) in [4.78, 5) is 18.3. The van der Waals surface area contributed by atoms with Gasteiger partial charge in [-0.05, 0) is 34.5 Å². The van der Waals surface area contributed by atoms with Gasteiger partial charge in [-0.1, -0.05) is 0 Å². The highest BCUT2D eigenvalue weighted by Gasteiger charge is 2.49. The second-order valence-corrected chi connectivity index (χ2v) is 7.29. The molecule has 2 aliphatic heterocycles. The van der Waals surface area contributed by atoms with Crippen molar-refractivity contribution in [1.82, 2.24) is 9.88 Å². The molecule has 24 heavy (non-hydrogen) atoms. The van der Waals surface area contributed by atoms with Crippen LogP contribution in [0.25, 0.3) is 0 Å². The molecular weight excluding hydrogens is 324 g/mol. The van der Waals surface area contributed by atoms with Crippen molar-refractivity contribution in [2.24, 2.45) is 0 Å². The first-order valence-corrected chi connectivity index (χ1v) is 9.16. The minimum absolute atomic E-state index is 0.122.